The fourth-order valence-corrected chi connectivity index (χ4v) is 9.19. The molecule has 0 radical (unpaired) electrons. The second kappa shape index (κ2) is 22.5. The largest absolute Gasteiger partial charge is 0.490 e. The number of nitro benzene ring substituents is 1. The third kappa shape index (κ3) is 11.0. The number of oxime groups is 1. The Morgan fingerprint density at radius 2 is 1.67 bits per heavy atom. The van der Waals surface area contributed by atoms with Crippen LogP contribution < -0.4 is 9.47 Å². The first-order chi connectivity index (χ1) is 30.7. The lowest BCUT2D eigenvalue weighted by Crippen LogP contribution is -2.70. The monoisotopic (exact) mass is 867 g/mol. The molecule has 0 aromatic heterocycles. The normalized spacial score (nSPS) is 22.7. The SMILES string of the molecule is C=CCCOC(=O)N(Cc1ccc(F)cc1)[C@H]1CC(=NOCc2ccc([N+](=O)[O-])cc2)C2=C[C@H](CCCCO)[C@@H](CCCCO)[C@@H]3c4cc(OCC=C)ccc4O[C@@]1(OCC=C)[C@H]23. The molecule has 0 spiro atoms. The molecule has 1 fully saturated rings. The van der Waals surface area contributed by atoms with Crippen LogP contribution in [-0.4, -0.2) is 76.7 Å². The Hall–Kier alpha value is -5.83. The first-order valence-corrected chi connectivity index (χ1v) is 21.6. The second-order valence-electron chi connectivity index (χ2n) is 16.0. The molecule has 13 nitrogen and oxygen atoms in total. The quantitative estimate of drug-likeness (QED) is 0.0384. The van der Waals surface area contributed by atoms with Gasteiger partial charge in [-0.1, -0.05) is 61.0 Å². The number of non-ortho nitro benzene ring substituents is 1. The molecule has 2 aliphatic carbocycles. The van der Waals surface area contributed by atoms with E-state index in [1.54, 1.807) is 47.4 Å². The molecule has 0 unspecified atom stereocenters. The van der Waals surface area contributed by atoms with Crippen LogP contribution in [-0.2, 0) is 27.5 Å². The number of amides is 1. The minimum Gasteiger partial charge on any atom is -0.490 e. The van der Waals surface area contributed by atoms with E-state index in [1.165, 1.54) is 24.3 Å². The van der Waals surface area contributed by atoms with Crippen molar-refractivity contribution in [1.29, 1.82) is 0 Å². The fraction of sp³-hybridized carbons (Fsp3) is 0.429. The number of halogens is 1. The topological polar surface area (TPSA) is 162 Å². The smallest absolute Gasteiger partial charge is 0.410 e. The number of hydrogen-bond donors (Lipinski definition) is 2. The minimum absolute atomic E-state index is 0.00129. The van der Waals surface area contributed by atoms with Gasteiger partial charge in [0.1, 0.15) is 36.6 Å². The van der Waals surface area contributed by atoms with Gasteiger partial charge >= 0.3 is 6.09 Å². The summed E-state index contributed by atoms with van der Waals surface area (Å²) in [6, 6.07) is 16.7. The zero-order chi connectivity index (χ0) is 44.8. The van der Waals surface area contributed by atoms with Gasteiger partial charge in [-0.25, -0.2) is 9.18 Å². The number of fused-ring (bicyclic) bond motifs is 2. The molecule has 1 saturated carbocycles. The maximum Gasteiger partial charge on any atom is 0.410 e. The van der Waals surface area contributed by atoms with Crippen molar-refractivity contribution in [1.82, 2.24) is 4.90 Å². The summed E-state index contributed by atoms with van der Waals surface area (Å²) in [6.45, 7) is 12.1. The third-order valence-electron chi connectivity index (χ3n) is 12.0. The van der Waals surface area contributed by atoms with Crippen LogP contribution in [0.1, 0.15) is 74.0 Å². The molecular formula is C49H58FN3O10. The first kappa shape index (κ1) is 46.7. The zero-order valence-corrected chi connectivity index (χ0v) is 35.7. The number of allylic oxidation sites excluding steroid dienone is 1. The lowest BCUT2D eigenvalue weighted by Gasteiger charge is -2.59. The highest BCUT2D eigenvalue weighted by Crippen LogP contribution is 2.62. The van der Waals surface area contributed by atoms with Crippen molar-refractivity contribution >= 4 is 17.5 Å². The zero-order valence-electron chi connectivity index (χ0n) is 35.7. The van der Waals surface area contributed by atoms with Gasteiger partial charge in [-0.15, -0.1) is 13.2 Å². The molecule has 3 aromatic carbocycles. The number of nitro groups is 1. The van der Waals surface area contributed by atoms with Gasteiger partial charge in [-0.3, -0.25) is 15.0 Å². The van der Waals surface area contributed by atoms with E-state index in [0.29, 0.717) is 47.6 Å². The van der Waals surface area contributed by atoms with Crippen molar-refractivity contribution in [2.75, 3.05) is 33.0 Å². The van der Waals surface area contributed by atoms with E-state index in [4.69, 9.17) is 28.9 Å². The second-order valence-corrected chi connectivity index (χ2v) is 16.0. The Morgan fingerprint density at radius 3 is 2.35 bits per heavy atom. The summed E-state index contributed by atoms with van der Waals surface area (Å²) in [5.74, 6) is -1.78. The number of aliphatic hydroxyl groups excluding tert-OH is 2. The number of unbranched alkanes of at least 4 members (excludes halogenated alkanes) is 2. The van der Waals surface area contributed by atoms with Gasteiger partial charge in [0.05, 0.1) is 29.8 Å². The predicted octanol–water partition coefficient (Wildman–Crippen LogP) is 9.35. The molecule has 1 heterocycles. The van der Waals surface area contributed by atoms with Crippen molar-refractivity contribution in [2.45, 2.75) is 82.3 Å². The molecule has 1 amide bonds. The van der Waals surface area contributed by atoms with E-state index < -0.39 is 34.6 Å². The van der Waals surface area contributed by atoms with Crippen molar-refractivity contribution in [3.05, 3.63) is 149 Å². The summed E-state index contributed by atoms with van der Waals surface area (Å²) in [5, 5.41) is 36.0. The summed E-state index contributed by atoms with van der Waals surface area (Å²) in [4.78, 5) is 33.2. The van der Waals surface area contributed by atoms with Crippen molar-refractivity contribution in [3.63, 3.8) is 0 Å². The molecule has 63 heavy (non-hydrogen) atoms. The molecule has 1 aliphatic heterocycles. The highest BCUT2D eigenvalue weighted by molar-refractivity contribution is 6.03. The molecule has 2 N–H and O–H groups in total. The first-order valence-electron chi connectivity index (χ1n) is 21.6. The number of aliphatic hydroxyl groups is 2. The van der Waals surface area contributed by atoms with Gasteiger partial charge < -0.3 is 34.0 Å². The molecule has 14 heteroatoms. The van der Waals surface area contributed by atoms with Gasteiger partial charge in [0.25, 0.3) is 5.69 Å². The summed E-state index contributed by atoms with van der Waals surface area (Å²) >= 11 is 0. The van der Waals surface area contributed by atoms with Crippen LogP contribution in [0.2, 0.25) is 0 Å². The maximum atomic E-state index is 14.6. The average molecular weight is 868 g/mol. The number of nitrogens with zero attached hydrogens (tertiary/aromatic N) is 3. The number of benzene rings is 3. The summed E-state index contributed by atoms with van der Waals surface area (Å²) in [7, 11) is 0. The molecule has 3 aliphatic rings. The molecule has 6 atom stereocenters. The summed E-state index contributed by atoms with van der Waals surface area (Å²) in [6.07, 6.45) is 11.3. The average Bonchev–Trinajstić information content (AvgIpc) is 3.29. The van der Waals surface area contributed by atoms with Crippen molar-refractivity contribution < 1.29 is 48.1 Å². The molecule has 3 aromatic rings. The standard InChI is InChI=1S/C49H58FN3O10/c1-4-7-28-60-48(56)52(32-34-14-18-37(50)19-15-34)45-31-43(51-62-33-35-16-20-38(21-17-35)53(57)58)41-29-36(12-8-10-24-54)40(13-9-11-25-55)46-42-30-39(59-26-5-2)22-23-44(42)63-49(45,47(41)46)61-27-6-3/h4-6,14-23,29-30,36,40,45-47,54-55H,1-3,7-13,24-28,31-33H2/t36-,40+,45-,46+,47+,49+/m0/s1. The van der Waals surface area contributed by atoms with E-state index in [-0.39, 0.29) is 76.0 Å². The predicted molar refractivity (Wildman–Crippen MR) is 237 cm³/mol. The van der Waals surface area contributed by atoms with E-state index in [2.05, 4.69) is 25.8 Å². The van der Waals surface area contributed by atoms with Crippen LogP contribution in [0.3, 0.4) is 0 Å². The summed E-state index contributed by atoms with van der Waals surface area (Å²) < 4.78 is 40.6. The van der Waals surface area contributed by atoms with Gasteiger partial charge in [0.15, 0.2) is 0 Å². The van der Waals surface area contributed by atoms with Crippen molar-refractivity contribution in [3.8, 4) is 11.5 Å². The Balaban J connectivity index is 1.59. The van der Waals surface area contributed by atoms with Gasteiger partial charge in [-0.2, -0.15) is 0 Å². The van der Waals surface area contributed by atoms with Crippen LogP contribution in [0, 0.1) is 33.7 Å². The number of rotatable bonds is 24. The van der Waals surface area contributed by atoms with Crippen molar-refractivity contribution in [2.24, 2.45) is 22.9 Å². The third-order valence-corrected chi connectivity index (χ3v) is 12.0. The van der Waals surface area contributed by atoms with Gasteiger partial charge in [0, 0.05) is 49.8 Å². The molecule has 336 valence electrons. The fourth-order valence-electron chi connectivity index (χ4n) is 9.19. The number of carbonyl (C=O) groups excluding carboxylic acids is 1. The number of ether oxygens (including phenoxy) is 4. The molecule has 0 saturated heterocycles. The number of carbonyl (C=O) groups is 1. The van der Waals surface area contributed by atoms with E-state index in [0.717, 1.165) is 36.8 Å². The molecule has 0 bridgehead atoms. The Labute approximate surface area is 368 Å². The highest BCUT2D eigenvalue weighted by Gasteiger charge is 2.65. The van der Waals surface area contributed by atoms with E-state index in [1.807, 2.05) is 18.2 Å². The van der Waals surface area contributed by atoms with Gasteiger partial charge in [-0.05, 0) is 103 Å². The van der Waals surface area contributed by atoms with Crippen LogP contribution in [0.4, 0.5) is 14.9 Å². The highest BCUT2D eigenvalue weighted by atomic mass is 19.1. The van der Waals surface area contributed by atoms with E-state index in [9.17, 15) is 29.5 Å². The van der Waals surface area contributed by atoms with Crippen LogP contribution >= 0.6 is 0 Å². The van der Waals surface area contributed by atoms with E-state index >= 15 is 0 Å². The minimum atomic E-state index is -1.57. The van der Waals surface area contributed by atoms with Crippen LogP contribution in [0.5, 0.6) is 11.5 Å². The van der Waals surface area contributed by atoms with Crippen LogP contribution in [0.25, 0.3) is 0 Å². The lowest BCUT2D eigenvalue weighted by molar-refractivity contribution is -0.384. The van der Waals surface area contributed by atoms with Crippen LogP contribution in [0.15, 0.2) is 121 Å². The number of hydrogen-bond acceptors (Lipinski definition) is 11. The lowest BCUT2D eigenvalue weighted by atomic mass is 9.55. The summed E-state index contributed by atoms with van der Waals surface area (Å²) in [5.41, 5.74) is 3.50. The Morgan fingerprint density at radius 1 is 0.952 bits per heavy atom. The Bertz CT molecular complexity index is 2110. The molecule has 6 rings (SSSR count). The maximum absolute atomic E-state index is 14.6. The molecular weight excluding hydrogens is 810 g/mol. The van der Waals surface area contributed by atoms with Gasteiger partial charge in [0.2, 0.25) is 5.79 Å². The Kier molecular flexibility index (Phi) is 16.7.